The van der Waals surface area contributed by atoms with E-state index >= 15 is 0 Å². The zero-order valence-corrected chi connectivity index (χ0v) is 11.3. The predicted octanol–water partition coefficient (Wildman–Crippen LogP) is 3.61. The van der Waals surface area contributed by atoms with Crippen molar-refractivity contribution in [2.75, 3.05) is 0 Å². The number of nitriles is 1. The number of ketones is 1. The second kappa shape index (κ2) is 4.81. The van der Waals surface area contributed by atoms with Gasteiger partial charge in [-0.15, -0.1) is 0 Å². The van der Waals surface area contributed by atoms with Gasteiger partial charge in [0.15, 0.2) is 5.78 Å². The molecule has 4 unspecified atom stereocenters. The number of fused-ring (bicyclic) bond motifs is 2. The smallest absolute Gasteiger partial charge is 0.157 e. The Morgan fingerprint density at radius 1 is 1.37 bits per heavy atom. The fraction of sp³-hybridized carbons (Fsp3) is 0.529. The van der Waals surface area contributed by atoms with Gasteiger partial charge in [-0.2, -0.15) is 5.26 Å². The number of hydrogen-bond acceptors (Lipinski definition) is 2. The SMILES string of the molecule is Cc1cccc(C(C#N)C(=O)C2CC3CCC2C3)c1. The normalized spacial score (nSPS) is 30.0. The maximum Gasteiger partial charge on any atom is 0.157 e. The van der Waals surface area contributed by atoms with Gasteiger partial charge in [0.2, 0.25) is 0 Å². The van der Waals surface area contributed by atoms with Gasteiger partial charge in [-0.25, -0.2) is 0 Å². The molecule has 0 aliphatic heterocycles. The molecule has 0 aromatic heterocycles. The van der Waals surface area contributed by atoms with Gasteiger partial charge in [0, 0.05) is 5.92 Å². The lowest BCUT2D eigenvalue weighted by atomic mass is 9.79. The molecule has 0 heterocycles. The first-order valence-electron chi connectivity index (χ1n) is 7.19. The molecule has 1 aromatic rings. The highest BCUT2D eigenvalue weighted by atomic mass is 16.1. The first kappa shape index (κ1) is 12.4. The van der Waals surface area contributed by atoms with E-state index in [1.807, 2.05) is 31.2 Å². The molecule has 0 N–H and O–H groups in total. The molecule has 2 aliphatic carbocycles. The van der Waals surface area contributed by atoms with Crippen LogP contribution in [0.1, 0.15) is 42.7 Å². The zero-order chi connectivity index (χ0) is 13.4. The number of hydrogen-bond donors (Lipinski definition) is 0. The van der Waals surface area contributed by atoms with Crippen molar-refractivity contribution in [3.8, 4) is 6.07 Å². The van der Waals surface area contributed by atoms with E-state index in [9.17, 15) is 10.1 Å². The summed E-state index contributed by atoms with van der Waals surface area (Å²) in [4.78, 5) is 12.7. The van der Waals surface area contributed by atoms with Gasteiger partial charge < -0.3 is 0 Å². The lowest BCUT2D eigenvalue weighted by Gasteiger charge is -2.22. The molecule has 1 aromatic carbocycles. The summed E-state index contributed by atoms with van der Waals surface area (Å²) in [6.45, 7) is 2.00. The monoisotopic (exact) mass is 253 g/mol. The molecule has 98 valence electrons. The van der Waals surface area contributed by atoms with Crippen molar-refractivity contribution in [1.29, 1.82) is 5.26 Å². The summed E-state index contributed by atoms with van der Waals surface area (Å²) in [6, 6.07) is 10.0. The van der Waals surface area contributed by atoms with Gasteiger partial charge in [0.1, 0.15) is 5.92 Å². The molecule has 0 saturated heterocycles. The number of Topliss-reactive ketones (excluding diaryl/α,β-unsaturated/α-hetero) is 1. The molecule has 2 heteroatoms. The summed E-state index contributed by atoms with van der Waals surface area (Å²) in [5.74, 6) is 1.04. The number of carbonyl (C=O) groups is 1. The Hall–Kier alpha value is -1.62. The number of aryl methyl sites for hydroxylation is 1. The van der Waals surface area contributed by atoms with E-state index in [1.165, 1.54) is 19.3 Å². The highest BCUT2D eigenvalue weighted by molar-refractivity contribution is 5.91. The minimum Gasteiger partial charge on any atom is -0.298 e. The summed E-state index contributed by atoms with van der Waals surface area (Å²) in [5, 5.41) is 9.40. The number of carbonyl (C=O) groups excluding carboxylic acids is 1. The van der Waals surface area contributed by atoms with Crippen molar-refractivity contribution in [1.82, 2.24) is 0 Å². The van der Waals surface area contributed by atoms with Gasteiger partial charge in [-0.3, -0.25) is 4.79 Å². The lowest BCUT2D eigenvalue weighted by molar-refractivity contribution is -0.124. The third kappa shape index (κ3) is 2.18. The molecule has 0 radical (unpaired) electrons. The van der Waals surface area contributed by atoms with Crippen molar-refractivity contribution >= 4 is 5.78 Å². The van der Waals surface area contributed by atoms with E-state index in [1.54, 1.807) is 0 Å². The molecule has 2 aliphatic rings. The maximum absolute atomic E-state index is 12.7. The molecule has 0 amide bonds. The molecule has 2 saturated carbocycles. The van der Waals surface area contributed by atoms with E-state index in [0.717, 1.165) is 23.5 Å². The van der Waals surface area contributed by atoms with Crippen LogP contribution in [-0.2, 0) is 4.79 Å². The maximum atomic E-state index is 12.7. The molecule has 2 bridgehead atoms. The van der Waals surface area contributed by atoms with Crippen LogP contribution in [-0.4, -0.2) is 5.78 Å². The van der Waals surface area contributed by atoms with Crippen molar-refractivity contribution in [2.45, 2.75) is 38.5 Å². The molecule has 19 heavy (non-hydrogen) atoms. The number of rotatable bonds is 3. The van der Waals surface area contributed by atoms with Crippen LogP contribution in [0, 0.1) is 36.0 Å². The number of benzene rings is 1. The van der Waals surface area contributed by atoms with Crippen LogP contribution in [0.2, 0.25) is 0 Å². The van der Waals surface area contributed by atoms with E-state index in [0.29, 0.717) is 5.92 Å². The fourth-order valence-electron chi connectivity index (χ4n) is 3.96. The van der Waals surface area contributed by atoms with Crippen molar-refractivity contribution in [3.05, 3.63) is 35.4 Å². The van der Waals surface area contributed by atoms with Gasteiger partial charge in [-0.05, 0) is 43.6 Å². The third-order valence-corrected chi connectivity index (χ3v) is 4.89. The molecular formula is C17H19NO. The molecular weight excluding hydrogens is 234 g/mol. The second-order valence-electron chi connectivity index (χ2n) is 6.16. The Balaban J connectivity index is 1.83. The van der Waals surface area contributed by atoms with E-state index in [4.69, 9.17) is 0 Å². The standard InChI is InChI=1S/C17H19NO/c1-11-3-2-4-13(7-11)16(10-18)17(19)15-9-12-5-6-14(15)8-12/h2-4,7,12,14-16H,5-6,8-9H2,1H3. The molecule has 3 rings (SSSR count). The van der Waals surface area contributed by atoms with Crippen molar-refractivity contribution in [2.24, 2.45) is 17.8 Å². The minimum absolute atomic E-state index is 0.143. The third-order valence-electron chi connectivity index (χ3n) is 4.89. The Bertz CT molecular complexity index is 542. The largest absolute Gasteiger partial charge is 0.298 e. The van der Waals surface area contributed by atoms with Crippen LogP contribution in [0.3, 0.4) is 0 Å². The van der Waals surface area contributed by atoms with Crippen LogP contribution in [0.4, 0.5) is 0 Å². The highest BCUT2D eigenvalue weighted by Crippen LogP contribution is 2.49. The average Bonchev–Trinajstić information content (AvgIpc) is 3.02. The zero-order valence-electron chi connectivity index (χ0n) is 11.3. The Morgan fingerprint density at radius 3 is 2.79 bits per heavy atom. The predicted molar refractivity (Wildman–Crippen MR) is 73.5 cm³/mol. The topological polar surface area (TPSA) is 40.9 Å². The van der Waals surface area contributed by atoms with Gasteiger partial charge in [0.25, 0.3) is 0 Å². The summed E-state index contributed by atoms with van der Waals surface area (Å²) in [5.41, 5.74) is 1.98. The van der Waals surface area contributed by atoms with Gasteiger partial charge in [-0.1, -0.05) is 36.2 Å². The number of nitrogens with zero attached hydrogens (tertiary/aromatic N) is 1. The molecule has 0 spiro atoms. The first-order valence-corrected chi connectivity index (χ1v) is 7.19. The summed E-state index contributed by atoms with van der Waals surface area (Å²) in [6.07, 6.45) is 4.71. The quantitative estimate of drug-likeness (QED) is 0.825. The molecule has 2 nitrogen and oxygen atoms in total. The van der Waals surface area contributed by atoms with Crippen LogP contribution in [0.15, 0.2) is 24.3 Å². The lowest BCUT2D eigenvalue weighted by Crippen LogP contribution is -2.26. The summed E-state index contributed by atoms with van der Waals surface area (Å²) in [7, 11) is 0. The van der Waals surface area contributed by atoms with E-state index < -0.39 is 5.92 Å². The highest BCUT2D eigenvalue weighted by Gasteiger charge is 2.44. The van der Waals surface area contributed by atoms with Crippen molar-refractivity contribution in [3.63, 3.8) is 0 Å². The van der Waals surface area contributed by atoms with E-state index in [2.05, 4.69) is 6.07 Å². The molecule has 4 atom stereocenters. The Labute approximate surface area is 114 Å². The summed E-state index contributed by atoms with van der Waals surface area (Å²) < 4.78 is 0. The first-order chi connectivity index (χ1) is 9.19. The van der Waals surface area contributed by atoms with Crippen LogP contribution < -0.4 is 0 Å². The van der Waals surface area contributed by atoms with E-state index in [-0.39, 0.29) is 11.7 Å². The molecule has 2 fully saturated rings. The Kier molecular flexibility index (Phi) is 3.14. The minimum atomic E-state index is -0.566. The Morgan fingerprint density at radius 2 is 2.21 bits per heavy atom. The fourth-order valence-corrected chi connectivity index (χ4v) is 3.96. The van der Waals surface area contributed by atoms with Crippen LogP contribution in [0.25, 0.3) is 0 Å². The second-order valence-corrected chi connectivity index (χ2v) is 6.16. The van der Waals surface area contributed by atoms with Crippen molar-refractivity contribution < 1.29 is 4.79 Å². The van der Waals surface area contributed by atoms with Gasteiger partial charge in [0.05, 0.1) is 6.07 Å². The average molecular weight is 253 g/mol. The van der Waals surface area contributed by atoms with Crippen LogP contribution >= 0.6 is 0 Å². The van der Waals surface area contributed by atoms with Crippen LogP contribution in [0.5, 0.6) is 0 Å². The van der Waals surface area contributed by atoms with Gasteiger partial charge >= 0.3 is 0 Å². The summed E-state index contributed by atoms with van der Waals surface area (Å²) >= 11 is 0.